The Kier molecular flexibility index (Phi) is 39.8. The molecule has 0 spiro atoms. The van der Waals surface area contributed by atoms with Crippen LogP contribution in [0.25, 0.3) is 0 Å². The van der Waals surface area contributed by atoms with Gasteiger partial charge in [0.15, 0.2) is 18.9 Å². The average molecular weight is 1920 g/mol. The minimum Gasteiger partial charge on any atom is -0.507 e. The zero-order chi connectivity index (χ0) is 98.6. The van der Waals surface area contributed by atoms with Crippen molar-refractivity contribution < 1.29 is 179 Å². The standard InChI is InChI=1S/C39H60O17.C33H50O12.C27H40O7/c1-5-6-7-8-18-12-21(26-19-11-17(2)9-10-20(19)39(3,4)56-22(26)13-18)50-37-32(48)34(28(44)24(15-41)52-37)55-38-33(49)35(29(45)25(16-42)53-38)54-36-31(47)30(46)27(43)23(14-40)51-36;1-5-6-7-8-18-12-21(36)25(20-11-17(4)9-10-19(20)16(2)3)22(13-18)42-33-30(41)31(27(38)24(15-35)44-33)45-32-29(40)28(39)26(37)23(14-34)43-32;1-5-6-7-8-17-12-20(29)23(19-11-16(4)9-10-18(19)15(2)3)21(13-17)33-27-26(32)25(31)24(30)22(14-28)34-27/h11-13,19-20,23-25,27-38,40-49H,5-10,14-16H2,1-4H3;11-13,19-20,23-24,26-41H,2,5-10,14-15H2,1,3-4H3;11-13,18-19,22,24-32H,2,5-10,14H2,1,3-4H3/t19-,20-,23-,24-,25-,27-,28-,29-,30+,31-,32-,33-,34+,35+,36+,37-,38+;19-,20+,23+,24+,26+,27+,28-,29+,30+,31-,32-,33+;18-,19+,22+,24+,25-,26+,27+/m100/s1. The average Bonchev–Trinajstić information content (AvgIpc) is 0.717. The van der Waals surface area contributed by atoms with Crippen LogP contribution in [-0.2, 0) is 61.9 Å². The fourth-order valence-electron chi connectivity index (χ4n) is 20.2. The van der Waals surface area contributed by atoms with Crippen molar-refractivity contribution in [2.24, 2.45) is 17.8 Å². The first-order valence-corrected chi connectivity index (χ1v) is 47.9. The summed E-state index contributed by atoms with van der Waals surface area (Å²) in [5.74, 6) is 1.51. The second-order valence-electron chi connectivity index (χ2n) is 38.7. The summed E-state index contributed by atoms with van der Waals surface area (Å²) in [7, 11) is 0. The van der Waals surface area contributed by atoms with Gasteiger partial charge in [0.1, 0.15) is 187 Å². The molecule has 0 bridgehead atoms. The molecule has 0 aromatic heterocycles. The Hall–Kier alpha value is -6.04. The molecule has 6 saturated heterocycles. The van der Waals surface area contributed by atoms with Gasteiger partial charge in [0.2, 0.25) is 18.9 Å². The summed E-state index contributed by atoms with van der Waals surface area (Å²) in [6, 6.07) is 11.1. The van der Waals surface area contributed by atoms with E-state index in [0.717, 1.165) is 148 Å². The topological polar surface area (TPSA) is 585 Å². The van der Waals surface area contributed by atoms with E-state index in [1.807, 2.05) is 39.0 Å². The van der Waals surface area contributed by atoms with Gasteiger partial charge in [-0.1, -0.05) is 119 Å². The van der Waals surface area contributed by atoms with E-state index >= 15 is 0 Å². The predicted molar refractivity (Wildman–Crippen MR) is 485 cm³/mol. The molecule has 0 saturated carbocycles. The number of hydrogen-bond acceptors (Lipinski definition) is 36. The van der Waals surface area contributed by atoms with E-state index in [-0.39, 0.29) is 52.8 Å². The van der Waals surface area contributed by atoms with E-state index < -0.39 is 229 Å². The normalized spacial score (nSPS) is 37.9. The molecule has 0 unspecified atom stereocenters. The molecule has 762 valence electrons. The van der Waals surface area contributed by atoms with E-state index in [4.69, 9.17) is 61.6 Å². The molecule has 0 radical (unpaired) electrons. The van der Waals surface area contributed by atoms with Crippen LogP contribution in [-0.4, -0.2) is 347 Å². The molecule has 23 N–H and O–H groups in total. The highest BCUT2D eigenvalue weighted by Crippen LogP contribution is 2.56. The van der Waals surface area contributed by atoms with E-state index in [9.17, 15) is 117 Å². The number of hydrogen-bond donors (Lipinski definition) is 23. The maximum atomic E-state index is 11.8. The number of aliphatic hydroxyl groups is 21. The van der Waals surface area contributed by atoms with Crippen LogP contribution < -0.4 is 18.9 Å². The van der Waals surface area contributed by atoms with Gasteiger partial charge in [-0.25, -0.2) is 0 Å². The van der Waals surface area contributed by atoms with Gasteiger partial charge < -0.3 is 179 Å². The third-order valence-corrected chi connectivity index (χ3v) is 28.1. The molecular formula is C99H150O36. The maximum Gasteiger partial charge on any atom is 0.229 e. The molecule has 3 aromatic rings. The van der Waals surface area contributed by atoms with E-state index in [1.54, 1.807) is 18.2 Å². The molecule has 7 heterocycles. The smallest absolute Gasteiger partial charge is 0.229 e. The molecule has 7 aliphatic heterocycles. The van der Waals surface area contributed by atoms with E-state index in [2.05, 4.69) is 79.9 Å². The minimum atomic E-state index is -1.94. The highest BCUT2D eigenvalue weighted by molar-refractivity contribution is 5.56. The van der Waals surface area contributed by atoms with Crippen LogP contribution in [0.2, 0.25) is 0 Å². The first kappa shape index (κ1) is 109. The van der Waals surface area contributed by atoms with Crippen molar-refractivity contribution >= 4 is 0 Å². The molecular weight excluding hydrogens is 1770 g/mol. The van der Waals surface area contributed by atoms with Crippen molar-refractivity contribution in [2.75, 3.05) is 39.6 Å². The summed E-state index contributed by atoms with van der Waals surface area (Å²) in [6.07, 6.45) is -25.1. The Morgan fingerprint density at radius 1 is 0.348 bits per heavy atom. The molecule has 36 heteroatoms. The van der Waals surface area contributed by atoms with Crippen LogP contribution in [0.4, 0.5) is 0 Å². The predicted octanol–water partition coefficient (Wildman–Crippen LogP) is 3.32. The quantitative estimate of drug-likeness (QED) is 0.0301. The van der Waals surface area contributed by atoms with Crippen LogP contribution in [0.5, 0.6) is 34.5 Å². The van der Waals surface area contributed by atoms with Gasteiger partial charge >= 0.3 is 0 Å². The Morgan fingerprint density at radius 2 is 0.630 bits per heavy atom. The largest absolute Gasteiger partial charge is 0.507 e. The lowest BCUT2D eigenvalue weighted by Crippen LogP contribution is -2.67. The number of phenolic OH excluding ortho intramolecular Hbond substituents is 2. The summed E-state index contributed by atoms with van der Waals surface area (Å²) in [5.41, 5.74) is 9.62. The van der Waals surface area contributed by atoms with Crippen LogP contribution in [0, 0.1) is 17.8 Å². The molecule has 13 rings (SSSR count). The number of aryl methyl sites for hydroxylation is 3. The SMILES string of the molecule is C=C(C)[C@@H]1CCC(C)=C[C@H]1c1c(O)cc(CCCCC)cc1O[C@@H]1O[C@H](CO)[C@@H](O)[C@H](O)[C@H]1O.C=C(C)[C@@H]1CCC(C)=C[C@H]1c1c(O)cc(CCCCC)cc1O[C@@H]1O[C@H](CO)[C@@H](O)[C@H](O[C@@H]2O[C@H](CO)[C@@H](O)[C@H](O)[C@H]2O)[C@H]1O.CCCCCc1cc(O[C@@H]2O[C@H](CO)[C@@H](O)[C@H](O[C@@H]3O[C@H](CO)[C@@H](O)[C@H](O[C@@H]4O[C@H](CO)[C@@H](O)[C@H](O)[C@H]4O)[C@H]3O)[C@H]2O)c2c(c1)OC(C)(C)[C@@H]1CCC(C)=C[C@@H]21. The Bertz CT molecular complexity index is 4380. The molecule has 36 atom stereocenters. The lowest BCUT2D eigenvalue weighted by Gasteiger charge is -2.48. The van der Waals surface area contributed by atoms with Gasteiger partial charge in [0, 0.05) is 40.4 Å². The zero-order valence-corrected chi connectivity index (χ0v) is 79.0. The molecule has 135 heavy (non-hydrogen) atoms. The Morgan fingerprint density at radius 3 is 0.963 bits per heavy atom. The number of ether oxygens (including phenoxy) is 13. The van der Waals surface area contributed by atoms with Crippen molar-refractivity contribution in [3.05, 3.63) is 129 Å². The number of aliphatic hydroxyl groups excluding tert-OH is 21. The van der Waals surface area contributed by atoms with Crippen LogP contribution in [0.15, 0.2) is 95.6 Å². The number of rotatable bonds is 34. The highest BCUT2D eigenvalue weighted by Gasteiger charge is 2.58. The number of allylic oxidation sites excluding steroid dienone is 8. The van der Waals surface area contributed by atoms with Crippen molar-refractivity contribution in [3.63, 3.8) is 0 Å². The number of aromatic hydroxyl groups is 2. The highest BCUT2D eigenvalue weighted by atomic mass is 16.8. The molecule has 6 fully saturated rings. The summed E-state index contributed by atoms with van der Waals surface area (Å²) in [5, 5.41) is 242. The van der Waals surface area contributed by atoms with E-state index in [0.29, 0.717) is 34.8 Å². The van der Waals surface area contributed by atoms with Crippen molar-refractivity contribution in [3.8, 4) is 34.5 Å². The lowest BCUT2D eigenvalue weighted by atomic mass is 9.68. The molecule has 36 nitrogen and oxygen atoms in total. The number of fused-ring (bicyclic) bond motifs is 3. The number of benzene rings is 3. The van der Waals surface area contributed by atoms with Crippen LogP contribution in [0.3, 0.4) is 0 Å². The van der Waals surface area contributed by atoms with Gasteiger partial charge in [-0.2, -0.15) is 0 Å². The van der Waals surface area contributed by atoms with Gasteiger partial charge in [-0.15, -0.1) is 0 Å². The Labute approximate surface area is 788 Å². The van der Waals surface area contributed by atoms with Gasteiger partial charge in [0.05, 0.1) is 39.6 Å². The monoisotopic (exact) mass is 1910 g/mol. The maximum absolute atomic E-state index is 11.8. The first-order valence-electron chi connectivity index (χ1n) is 47.9. The molecule has 3 aromatic carbocycles. The number of unbranched alkanes of at least 4 members (excludes halogenated alkanes) is 6. The first-order chi connectivity index (χ1) is 64.2. The van der Waals surface area contributed by atoms with Crippen molar-refractivity contribution in [2.45, 2.75) is 392 Å². The summed E-state index contributed by atoms with van der Waals surface area (Å²) in [4.78, 5) is 0. The number of phenols is 2. The third-order valence-electron chi connectivity index (χ3n) is 28.1. The van der Waals surface area contributed by atoms with Gasteiger partial charge in [-0.05, 0) is 190 Å². The fourth-order valence-corrected chi connectivity index (χ4v) is 20.2. The molecule has 3 aliphatic carbocycles. The van der Waals surface area contributed by atoms with E-state index in [1.165, 1.54) is 11.1 Å². The molecule has 10 aliphatic rings. The van der Waals surface area contributed by atoms with Crippen LogP contribution in [0.1, 0.15) is 217 Å². The third kappa shape index (κ3) is 25.4. The second kappa shape index (κ2) is 49.1. The fraction of sp³-hybridized carbons (Fsp3) is 0.717. The minimum absolute atomic E-state index is 0.0133. The summed E-state index contributed by atoms with van der Waals surface area (Å²) < 4.78 is 76.9. The van der Waals surface area contributed by atoms with Crippen molar-refractivity contribution in [1.29, 1.82) is 0 Å². The summed E-state index contributed by atoms with van der Waals surface area (Å²) >= 11 is 0. The van der Waals surface area contributed by atoms with Crippen molar-refractivity contribution in [1.82, 2.24) is 0 Å². The summed E-state index contributed by atoms with van der Waals surface area (Å²) in [6.45, 7) is 24.8. The van der Waals surface area contributed by atoms with Gasteiger partial charge in [0.25, 0.3) is 0 Å². The second-order valence-corrected chi connectivity index (χ2v) is 38.7. The molecule has 0 amide bonds. The Balaban J connectivity index is 0.000000201. The zero-order valence-electron chi connectivity index (χ0n) is 79.0. The lowest BCUT2D eigenvalue weighted by molar-refractivity contribution is -0.378. The van der Waals surface area contributed by atoms with Crippen LogP contribution >= 0.6 is 0 Å². The van der Waals surface area contributed by atoms with Gasteiger partial charge in [-0.3, -0.25) is 0 Å².